The Bertz CT molecular complexity index is 907. The van der Waals surface area contributed by atoms with Crippen molar-refractivity contribution in [2.24, 2.45) is 10.2 Å². The van der Waals surface area contributed by atoms with E-state index in [0.29, 0.717) is 11.4 Å². The van der Waals surface area contributed by atoms with Gasteiger partial charge in [0.2, 0.25) is 0 Å². The van der Waals surface area contributed by atoms with Crippen LogP contribution in [0.25, 0.3) is 0 Å². The van der Waals surface area contributed by atoms with Gasteiger partial charge in [0.1, 0.15) is 0 Å². The molecule has 0 aliphatic carbocycles. The Labute approximate surface area is 160 Å². The third kappa shape index (κ3) is 6.16. The number of nitrogens with one attached hydrogen (secondary N) is 1. The summed E-state index contributed by atoms with van der Waals surface area (Å²) in [6.07, 6.45) is 0.173. The fourth-order valence-electron chi connectivity index (χ4n) is 2.17. The molecule has 0 aliphatic heterocycles. The molecule has 0 atom stereocenters. The number of hydrogen-bond acceptors (Lipinski definition) is 6. The Hall–Kier alpha value is -3.32. The Balaban J connectivity index is 1.45. The van der Waals surface area contributed by atoms with Crippen LogP contribution in [0.5, 0.6) is 0 Å². The van der Waals surface area contributed by atoms with Gasteiger partial charge in [-0.05, 0) is 47.8 Å². The third-order valence-electron chi connectivity index (χ3n) is 3.45. The SMILES string of the molecule is O=C(COC(=O)Cc1cccs1)Nc1ccc(N=Nc2ccccc2)cc1. The highest BCUT2D eigenvalue weighted by Gasteiger charge is 2.09. The molecule has 0 aliphatic rings. The molecule has 0 fully saturated rings. The molecule has 0 spiro atoms. The fraction of sp³-hybridized carbons (Fsp3) is 0.100. The maximum absolute atomic E-state index is 11.9. The van der Waals surface area contributed by atoms with Gasteiger partial charge in [-0.3, -0.25) is 9.59 Å². The summed E-state index contributed by atoms with van der Waals surface area (Å²) in [5.74, 6) is -0.822. The predicted molar refractivity (Wildman–Crippen MR) is 105 cm³/mol. The second-order valence-electron chi connectivity index (χ2n) is 5.55. The number of hydrogen-bond donors (Lipinski definition) is 1. The smallest absolute Gasteiger partial charge is 0.311 e. The van der Waals surface area contributed by atoms with Crippen molar-refractivity contribution in [1.82, 2.24) is 0 Å². The minimum Gasteiger partial charge on any atom is -0.455 e. The standard InChI is InChI=1S/C20H17N3O3S/c24-19(14-26-20(25)13-18-7-4-12-27-18)21-15-8-10-17(11-9-15)23-22-16-5-2-1-3-6-16/h1-12H,13-14H2,(H,21,24). The second-order valence-corrected chi connectivity index (χ2v) is 6.58. The van der Waals surface area contributed by atoms with Crippen LogP contribution in [0.1, 0.15) is 4.88 Å². The molecule has 0 bridgehead atoms. The summed E-state index contributed by atoms with van der Waals surface area (Å²) in [7, 11) is 0. The zero-order chi connectivity index (χ0) is 18.9. The van der Waals surface area contributed by atoms with Gasteiger partial charge in [0.05, 0.1) is 17.8 Å². The van der Waals surface area contributed by atoms with Gasteiger partial charge in [0, 0.05) is 10.6 Å². The van der Waals surface area contributed by atoms with Crippen LogP contribution in [-0.4, -0.2) is 18.5 Å². The van der Waals surface area contributed by atoms with E-state index in [1.54, 1.807) is 24.3 Å². The van der Waals surface area contributed by atoms with Crippen molar-refractivity contribution in [2.45, 2.75) is 6.42 Å². The Morgan fingerprint density at radius 3 is 2.26 bits per heavy atom. The first kappa shape index (κ1) is 18.5. The van der Waals surface area contributed by atoms with E-state index in [4.69, 9.17) is 4.74 Å². The normalized spacial score (nSPS) is 10.7. The van der Waals surface area contributed by atoms with Crippen LogP contribution in [0.15, 0.2) is 82.3 Å². The summed E-state index contributed by atoms with van der Waals surface area (Å²) in [6.45, 7) is -0.320. The molecule has 3 aromatic rings. The van der Waals surface area contributed by atoms with Crippen molar-refractivity contribution in [2.75, 3.05) is 11.9 Å². The van der Waals surface area contributed by atoms with E-state index in [-0.39, 0.29) is 13.0 Å². The molecule has 6 nitrogen and oxygen atoms in total. The van der Waals surface area contributed by atoms with Gasteiger partial charge in [-0.25, -0.2) is 0 Å². The fourth-order valence-corrected chi connectivity index (χ4v) is 2.86. The second kappa shape index (κ2) is 9.40. The van der Waals surface area contributed by atoms with Crippen LogP contribution >= 0.6 is 11.3 Å². The molecule has 1 aromatic heterocycles. The average Bonchev–Trinajstić information content (AvgIpc) is 3.20. The minimum atomic E-state index is -0.427. The first-order valence-corrected chi connectivity index (χ1v) is 9.12. The summed E-state index contributed by atoms with van der Waals surface area (Å²) >= 11 is 1.47. The number of thiophene rings is 1. The summed E-state index contributed by atoms with van der Waals surface area (Å²) < 4.78 is 4.98. The Morgan fingerprint density at radius 1 is 0.889 bits per heavy atom. The molecule has 136 valence electrons. The van der Waals surface area contributed by atoms with Crippen molar-refractivity contribution in [3.05, 3.63) is 77.0 Å². The topological polar surface area (TPSA) is 80.1 Å². The highest BCUT2D eigenvalue weighted by atomic mass is 32.1. The minimum absolute atomic E-state index is 0.173. The highest BCUT2D eigenvalue weighted by molar-refractivity contribution is 7.10. The highest BCUT2D eigenvalue weighted by Crippen LogP contribution is 2.20. The van der Waals surface area contributed by atoms with Gasteiger partial charge in [-0.2, -0.15) is 10.2 Å². The van der Waals surface area contributed by atoms with Crippen molar-refractivity contribution >= 4 is 40.3 Å². The predicted octanol–water partition coefficient (Wildman–Crippen LogP) is 4.89. The zero-order valence-electron chi connectivity index (χ0n) is 14.4. The van der Waals surface area contributed by atoms with Crippen molar-refractivity contribution in [3.8, 4) is 0 Å². The molecule has 0 unspecified atom stereocenters. The van der Waals surface area contributed by atoms with E-state index in [1.165, 1.54) is 11.3 Å². The van der Waals surface area contributed by atoms with E-state index in [0.717, 1.165) is 10.6 Å². The Morgan fingerprint density at radius 2 is 1.59 bits per heavy atom. The van der Waals surface area contributed by atoms with E-state index in [9.17, 15) is 9.59 Å². The lowest BCUT2D eigenvalue weighted by molar-refractivity contribution is -0.146. The molecule has 0 saturated heterocycles. The third-order valence-corrected chi connectivity index (χ3v) is 4.33. The van der Waals surface area contributed by atoms with E-state index in [2.05, 4.69) is 15.5 Å². The van der Waals surface area contributed by atoms with Gasteiger partial charge in [0.15, 0.2) is 6.61 Å². The molecule has 7 heteroatoms. The number of carbonyl (C=O) groups excluding carboxylic acids is 2. The lowest BCUT2D eigenvalue weighted by Crippen LogP contribution is -2.21. The summed E-state index contributed by atoms with van der Waals surface area (Å²) in [5.41, 5.74) is 2.02. The number of amides is 1. The molecule has 0 saturated carbocycles. The number of ether oxygens (including phenoxy) is 1. The number of benzene rings is 2. The molecule has 3 rings (SSSR count). The van der Waals surface area contributed by atoms with Crippen LogP contribution in [0.2, 0.25) is 0 Å². The number of nitrogens with zero attached hydrogens (tertiary/aromatic N) is 2. The number of rotatable bonds is 7. The van der Waals surface area contributed by atoms with Crippen molar-refractivity contribution < 1.29 is 14.3 Å². The van der Waals surface area contributed by atoms with Gasteiger partial charge in [0.25, 0.3) is 5.91 Å². The van der Waals surface area contributed by atoms with Crippen molar-refractivity contribution in [3.63, 3.8) is 0 Å². The largest absolute Gasteiger partial charge is 0.455 e. The molecule has 1 N–H and O–H groups in total. The Kier molecular flexibility index (Phi) is 6.43. The molecule has 1 amide bonds. The quantitative estimate of drug-likeness (QED) is 0.469. The first-order valence-electron chi connectivity index (χ1n) is 8.24. The molecular weight excluding hydrogens is 362 g/mol. The summed E-state index contributed by atoms with van der Waals surface area (Å²) in [6, 6.07) is 20.0. The lowest BCUT2D eigenvalue weighted by atomic mass is 10.3. The number of esters is 1. The number of azo groups is 1. The van der Waals surface area contributed by atoms with E-state index < -0.39 is 11.9 Å². The van der Waals surface area contributed by atoms with Gasteiger partial charge in [-0.15, -0.1) is 11.3 Å². The van der Waals surface area contributed by atoms with E-state index in [1.807, 2.05) is 47.8 Å². The van der Waals surface area contributed by atoms with Crippen LogP contribution in [0.4, 0.5) is 17.1 Å². The molecule has 2 aromatic carbocycles. The van der Waals surface area contributed by atoms with Crippen LogP contribution in [-0.2, 0) is 20.7 Å². The number of carbonyl (C=O) groups is 2. The maximum Gasteiger partial charge on any atom is 0.311 e. The average molecular weight is 379 g/mol. The van der Waals surface area contributed by atoms with Gasteiger partial charge in [-0.1, -0.05) is 24.3 Å². The molecular formula is C20H17N3O3S. The van der Waals surface area contributed by atoms with Gasteiger partial charge >= 0.3 is 5.97 Å². The number of anilines is 1. The molecule has 1 heterocycles. The first-order chi connectivity index (χ1) is 13.2. The van der Waals surface area contributed by atoms with Crippen LogP contribution < -0.4 is 5.32 Å². The summed E-state index contributed by atoms with van der Waals surface area (Å²) in [5, 5.41) is 12.8. The van der Waals surface area contributed by atoms with Gasteiger partial charge < -0.3 is 10.1 Å². The van der Waals surface area contributed by atoms with Crippen LogP contribution in [0, 0.1) is 0 Å². The lowest BCUT2D eigenvalue weighted by Gasteiger charge is -2.06. The zero-order valence-corrected chi connectivity index (χ0v) is 15.2. The van der Waals surface area contributed by atoms with Crippen LogP contribution in [0.3, 0.4) is 0 Å². The molecule has 27 heavy (non-hydrogen) atoms. The summed E-state index contributed by atoms with van der Waals surface area (Å²) in [4.78, 5) is 24.5. The monoisotopic (exact) mass is 379 g/mol. The van der Waals surface area contributed by atoms with E-state index >= 15 is 0 Å². The maximum atomic E-state index is 11.9. The van der Waals surface area contributed by atoms with Crippen molar-refractivity contribution in [1.29, 1.82) is 0 Å². The molecule has 0 radical (unpaired) electrons.